The first kappa shape index (κ1) is 19.4. The summed E-state index contributed by atoms with van der Waals surface area (Å²) < 4.78 is 5.16. The molecule has 2 N–H and O–H groups in total. The largest absolute Gasteiger partial charge is 0.481 e. The van der Waals surface area contributed by atoms with E-state index in [2.05, 4.69) is 5.32 Å². The number of anilines is 1. The Balaban J connectivity index is 1.49. The Morgan fingerprint density at radius 1 is 1.00 bits per heavy atom. The van der Waals surface area contributed by atoms with Gasteiger partial charge >= 0.3 is 12.1 Å². The SMILES string of the molecule is O=C(Nc1ccc(C(=O)N2CCC(C(=O)O)CC2)cc1)OCc1ccccc1. The summed E-state index contributed by atoms with van der Waals surface area (Å²) in [6.07, 6.45) is 0.362. The molecule has 2 aromatic rings. The van der Waals surface area contributed by atoms with Crippen molar-refractivity contribution in [3.05, 3.63) is 65.7 Å². The number of carboxylic acid groups (broad SMARTS) is 1. The highest BCUT2D eigenvalue weighted by Gasteiger charge is 2.27. The zero-order chi connectivity index (χ0) is 19.9. The molecule has 2 aromatic carbocycles. The van der Waals surface area contributed by atoms with Crippen LogP contribution in [0.2, 0.25) is 0 Å². The molecule has 146 valence electrons. The molecule has 0 atom stereocenters. The van der Waals surface area contributed by atoms with Crippen LogP contribution in [0.1, 0.15) is 28.8 Å². The fraction of sp³-hybridized carbons (Fsp3) is 0.286. The van der Waals surface area contributed by atoms with Crippen LogP contribution < -0.4 is 5.32 Å². The number of rotatable bonds is 5. The Labute approximate surface area is 162 Å². The molecular formula is C21H22N2O5. The number of aliphatic carboxylic acids is 1. The maximum Gasteiger partial charge on any atom is 0.411 e. The second-order valence-corrected chi connectivity index (χ2v) is 6.67. The zero-order valence-electron chi connectivity index (χ0n) is 15.3. The Hall–Kier alpha value is -3.35. The van der Waals surface area contributed by atoms with Crippen LogP contribution in [0.5, 0.6) is 0 Å². The molecule has 1 aliphatic rings. The number of hydrogen-bond donors (Lipinski definition) is 2. The van der Waals surface area contributed by atoms with Crippen molar-refractivity contribution in [3.8, 4) is 0 Å². The van der Waals surface area contributed by atoms with E-state index in [1.54, 1.807) is 29.2 Å². The molecule has 0 bridgehead atoms. The standard InChI is InChI=1S/C21H22N2O5/c24-19(23-12-10-17(11-13-23)20(25)26)16-6-8-18(9-7-16)22-21(27)28-14-15-4-2-1-3-5-15/h1-9,17H,10-14H2,(H,22,27)(H,25,26). The van der Waals surface area contributed by atoms with E-state index in [-0.39, 0.29) is 18.4 Å². The third kappa shape index (κ3) is 5.09. The van der Waals surface area contributed by atoms with Crippen LogP contribution in [0.15, 0.2) is 54.6 Å². The minimum atomic E-state index is -0.804. The smallest absolute Gasteiger partial charge is 0.411 e. The lowest BCUT2D eigenvalue weighted by Gasteiger charge is -2.30. The molecule has 0 aromatic heterocycles. The van der Waals surface area contributed by atoms with Gasteiger partial charge in [0.1, 0.15) is 6.61 Å². The number of ether oxygens (including phenoxy) is 1. The maximum absolute atomic E-state index is 12.5. The van der Waals surface area contributed by atoms with Crippen molar-refractivity contribution in [2.75, 3.05) is 18.4 Å². The number of nitrogens with one attached hydrogen (secondary N) is 1. The zero-order valence-corrected chi connectivity index (χ0v) is 15.3. The molecule has 0 spiro atoms. The molecule has 0 unspecified atom stereocenters. The maximum atomic E-state index is 12.5. The number of benzene rings is 2. The fourth-order valence-corrected chi connectivity index (χ4v) is 3.09. The van der Waals surface area contributed by atoms with Crippen molar-refractivity contribution >= 4 is 23.7 Å². The van der Waals surface area contributed by atoms with Gasteiger partial charge in [0.05, 0.1) is 5.92 Å². The molecule has 7 nitrogen and oxygen atoms in total. The fourth-order valence-electron chi connectivity index (χ4n) is 3.09. The number of likely N-dealkylation sites (tertiary alicyclic amines) is 1. The van der Waals surface area contributed by atoms with E-state index in [0.29, 0.717) is 37.2 Å². The van der Waals surface area contributed by atoms with Crippen LogP contribution in [0, 0.1) is 5.92 Å². The van der Waals surface area contributed by atoms with Crippen LogP contribution in [-0.2, 0) is 16.1 Å². The lowest BCUT2D eigenvalue weighted by molar-refractivity contribution is -0.143. The monoisotopic (exact) mass is 382 g/mol. The van der Waals surface area contributed by atoms with E-state index >= 15 is 0 Å². The second kappa shape index (κ2) is 9.03. The minimum absolute atomic E-state index is 0.137. The van der Waals surface area contributed by atoms with Gasteiger partial charge < -0.3 is 14.7 Å². The Kier molecular flexibility index (Phi) is 6.26. The van der Waals surface area contributed by atoms with Crippen LogP contribution in [0.4, 0.5) is 10.5 Å². The predicted octanol–water partition coefficient (Wildman–Crippen LogP) is 3.37. The molecule has 0 aliphatic carbocycles. The van der Waals surface area contributed by atoms with E-state index in [1.807, 2.05) is 30.3 Å². The topological polar surface area (TPSA) is 95.9 Å². The average molecular weight is 382 g/mol. The number of hydrogen-bond acceptors (Lipinski definition) is 4. The lowest BCUT2D eigenvalue weighted by Crippen LogP contribution is -2.40. The molecular weight excluding hydrogens is 360 g/mol. The summed E-state index contributed by atoms with van der Waals surface area (Å²) in [7, 11) is 0. The molecule has 0 saturated carbocycles. The minimum Gasteiger partial charge on any atom is -0.481 e. The van der Waals surface area contributed by atoms with Gasteiger partial charge in [-0.15, -0.1) is 0 Å². The van der Waals surface area contributed by atoms with E-state index in [1.165, 1.54) is 0 Å². The molecule has 2 amide bonds. The van der Waals surface area contributed by atoms with E-state index in [0.717, 1.165) is 5.56 Å². The lowest BCUT2D eigenvalue weighted by atomic mass is 9.96. The number of carbonyl (C=O) groups is 3. The molecule has 3 rings (SSSR count). The van der Waals surface area contributed by atoms with Crippen molar-refractivity contribution < 1.29 is 24.2 Å². The molecule has 1 heterocycles. The summed E-state index contributed by atoms with van der Waals surface area (Å²) in [5.74, 6) is -1.32. The average Bonchev–Trinajstić information content (AvgIpc) is 2.73. The van der Waals surface area contributed by atoms with Crippen molar-refractivity contribution in [2.45, 2.75) is 19.4 Å². The summed E-state index contributed by atoms with van der Waals surface area (Å²) in [5.41, 5.74) is 1.92. The van der Waals surface area contributed by atoms with E-state index in [9.17, 15) is 14.4 Å². The van der Waals surface area contributed by atoms with Gasteiger partial charge in [0.25, 0.3) is 5.91 Å². The predicted molar refractivity (Wildman–Crippen MR) is 103 cm³/mol. The summed E-state index contributed by atoms with van der Waals surface area (Å²) in [6.45, 7) is 1.04. The van der Waals surface area contributed by atoms with Gasteiger partial charge in [-0.25, -0.2) is 4.79 Å². The molecule has 1 aliphatic heterocycles. The van der Waals surface area contributed by atoms with Crippen LogP contribution in [0.3, 0.4) is 0 Å². The summed E-state index contributed by atoms with van der Waals surface area (Å²) in [5, 5.41) is 11.7. The third-order valence-corrected chi connectivity index (χ3v) is 4.72. The van der Waals surface area contributed by atoms with Crippen LogP contribution >= 0.6 is 0 Å². The van der Waals surface area contributed by atoms with E-state index < -0.39 is 12.1 Å². The number of carboxylic acids is 1. The highest BCUT2D eigenvalue weighted by atomic mass is 16.5. The van der Waals surface area contributed by atoms with Crippen molar-refractivity contribution in [1.29, 1.82) is 0 Å². The number of carbonyl (C=O) groups excluding carboxylic acids is 2. The van der Waals surface area contributed by atoms with Crippen LogP contribution in [0.25, 0.3) is 0 Å². The summed E-state index contributed by atoms with van der Waals surface area (Å²) in [4.78, 5) is 37.1. The Bertz CT molecular complexity index is 828. The van der Waals surface area contributed by atoms with Crippen molar-refractivity contribution in [3.63, 3.8) is 0 Å². The van der Waals surface area contributed by atoms with Crippen LogP contribution in [-0.4, -0.2) is 41.1 Å². The second-order valence-electron chi connectivity index (χ2n) is 6.67. The van der Waals surface area contributed by atoms with Gasteiger partial charge in [-0.2, -0.15) is 0 Å². The summed E-state index contributed by atoms with van der Waals surface area (Å²) in [6, 6.07) is 15.9. The van der Waals surface area contributed by atoms with E-state index in [4.69, 9.17) is 9.84 Å². The van der Waals surface area contributed by atoms with Gasteiger partial charge in [-0.05, 0) is 42.7 Å². The highest BCUT2D eigenvalue weighted by molar-refractivity contribution is 5.95. The molecule has 1 saturated heterocycles. The molecule has 28 heavy (non-hydrogen) atoms. The molecule has 0 radical (unpaired) electrons. The van der Waals surface area contributed by atoms with Crippen molar-refractivity contribution in [2.24, 2.45) is 5.92 Å². The number of nitrogens with zero attached hydrogens (tertiary/aromatic N) is 1. The van der Waals surface area contributed by atoms with Gasteiger partial charge in [0, 0.05) is 24.3 Å². The van der Waals surface area contributed by atoms with Gasteiger partial charge in [0.2, 0.25) is 0 Å². The number of piperidine rings is 1. The quantitative estimate of drug-likeness (QED) is 0.827. The highest BCUT2D eigenvalue weighted by Crippen LogP contribution is 2.20. The molecule has 1 fully saturated rings. The Morgan fingerprint density at radius 3 is 2.25 bits per heavy atom. The first-order valence-corrected chi connectivity index (χ1v) is 9.13. The van der Waals surface area contributed by atoms with Gasteiger partial charge in [-0.1, -0.05) is 30.3 Å². The normalized spacial score (nSPS) is 14.4. The van der Waals surface area contributed by atoms with Gasteiger partial charge in [-0.3, -0.25) is 14.9 Å². The Morgan fingerprint density at radius 2 is 1.64 bits per heavy atom. The number of amides is 2. The first-order chi connectivity index (χ1) is 13.5. The summed E-state index contributed by atoms with van der Waals surface area (Å²) >= 11 is 0. The third-order valence-electron chi connectivity index (χ3n) is 4.72. The van der Waals surface area contributed by atoms with Crippen molar-refractivity contribution in [1.82, 2.24) is 4.90 Å². The molecule has 7 heteroatoms. The first-order valence-electron chi connectivity index (χ1n) is 9.13. The van der Waals surface area contributed by atoms with Gasteiger partial charge in [0.15, 0.2) is 0 Å².